The first-order valence-corrected chi connectivity index (χ1v) is 6.01. The molecule has 3 rings (SSSR count). The number of hydrogen-bond acceptors (Lipinski definition) is 1. The highest BCUT2D eigenvalue weighted by atomic mass is 32.1. The Morgan fingerprint density at radius 2 is 1.86 bits per heavy atom. The SMILES string of the molecule is CC1(C)Cc2cc3ccsc3cc2C1. The van der Waals surface area contributed by atoms with Gasteiger partial charge >= 0.3 is 0 Å². The third-order valence-corrected chi connectivity index (χ3v) is 3.99. The Balaban J connectivity index is 2.22. The van der Waals surface area contributed by atoms with Gasteiger partial charge in [0.15, 0.2) is 0 Å². The molecule has 1 heteroatoms. The zero-order chi connectivity index (χ0) is 9.76. The lowest BCUT2D eigenvalue weighted by Gasteiger charge is -2.14. The van der Waals surface area contributed by atoms with E-state index in [1.165, 1.54) is 22.9 Å². The van der Waals surface area contributed by atoms with E-state index in [0.717, 1.165) is 0 Å². The fourth-order valence-electron chi connectivity index (χ4n) is 2.52. The van der Waals surface area contributed by atoms with Crippen LogP contribution in [0.4, 0.5) is 0 Å². The zero-order valence-electron chi connectivity index (χ0n) is 8.63. The van der Waals surface area contributed by atoms with Crippen molar-refractivity contribution in [2.24, 2.45) is 5.41 Å². The average molecular weight is 202 g/mol. The summed E-state index contributed by atoms with van der Waals surface area (Å²) in [5.41, 5.74) is 3.62. The topological polar surface area (TPSA) is 0 Å². The molecular formula is C13H14S. The molecule has 1 aliphatic carbocycles. The molecule has 1 aliphatic rings. The van der Waals surface area contributed by atoms with Crippen molar-refractivity contribution in [3.63, 3.8) is 0 Å². The maximum atomic E-state index is 2.39. The van der Waals surface area contributed by atoms with Gasteiger partial charge in [-0.05, 0) is 52.3 Å². The van der Waals surface area contributed by atoms with Crippen molar-refractivity contribution in [2.45, 2.75) is 26.7 Å². The summed E-state index contributed by atoms with van der Waals surface area (Å²) in [5, 5.41) is 3.61. The molecule has 0 fully saturated rings. The minimum atomic E-state index is 0.478. The van der Waals surface area contributed by atoms with Crippen LogP contribution in [0.25, 0.3) is 10.1 Å². The highest BCUT2D eigenvalue weighted by Gasteiger charge is 2.28. The Labute approximate surface area is 88.6 Å². The molecule has 72 valence electrons. The molecule has 1 aromatic carbocycles. The summed E-state index contributed by atoms with van der Waals surface area (Å²) < 4.78 is 1.45. The van der Waals surface area contributed by atoms with E-state index < -0.39 is 0 Å². The molecule has 14 heavy (non-hydrogen) atoms. The highest BCUT2D eigenvalue weighted by Crippen LogP contribution is 2.38. The first-order chi connectivity index (χ1) is 6.64. The molecule has 1 heterocycles. The Bertz CT molecular complexity index is 449. The van der Waals surface area contributed by atoms with Crippen LogP contribution in [0.5, 0.6) is 0 Å². The van der Waals surface area contributed by atoms with Crippen LogP contribution in [-0.4, -0.2) is 0 Å². The van der Waals surface area contributed by atoms with E-state index in [-0.39, 0.29) is 0 Å². The molecule has 0 N–H and O–H groups in total. The lowest BCUT2D eigenvalue weighted by Crippen LogP contribution is -2.09. The molecule has 0 saturated heterocycles. The minimum Gasteiger partial charge on any atom is -0.144 e. The number of benzene rings is 1. The standard InChI is InChI=1S/C13H14S/c1-13(2)7-10-5-9-3-4-14-12(9)6-11(10)8-13/h3-6H,7-8H2,1-2H3. The molecular weight excluding hydrogens is 188 g/mol. The lowest BCUT2D eigenvalue weighted by atomic mass is 9.90. The molecule has 1 aromatic heterocycles. The second kappa shape index (κ2) is 2.60. The monoisotopic (exact) mass is 202 g/mol. The van der Waals surface area contributed by atoms with Crippen LogP contribution >= 0.6 is 11.3 Å². The second-order valence-corrected chi connectivity index (χ2v) is 6.04. The van der Waals surface area contributed by atoms with Crippen LogP contribution in [0, 0.1) is 5.41 Å². The second-order valence-electron chi connectivity index (χ2n) is 5.10. The maximum Gasteiger partial charge on any atom is 0.0345 e. The minimum absolute atomic E-state index is 0.478. The summed E-state index contributed by atoms with van der Waals surface area (Å²) in [6.45, 7) is 4.72. The summed E-state index contributed by atoms with van der Waals surface area (Å²) in [4.78, 5) is 0. The zero-order valence-corrected chi connectivity index (χ0v) is 9.45. The van der Waals surface area contributed by atoms with Crippen LogP contribution in [0.3, 0.4) is 0 Å². The smallest absolute Gasteiger partial charge is 0.0345 e. The van der Waals surface area contributed by atoms with E-state index >= 15 is 0 Å². The van der Waals surface area contributed by atoms with Crippen molar-refractivity contribution in [1.82, 2.24) is 0 Å². The predicted octanol–water partition coefficient (Wildman–Crippen LogP) is 4.03. The Morgan fingerprint density at radius 3 is 2.64 bits per heavy atom. The van der Waals surface area contributed by atoms with Gasteiger partial charge in [0.25, 0.3) is 0 Å². The summed E-state index contributed by atoms with van der Waals surface area (Å²) in [7, 11) is 0. The molecule has 0 bridgehead atoms. The van der Waals surface area contributed by atoms with Crippen molar-refractivity contribution in [1.29, 1.82) is 0 Å². The molecule has 2 aromatic rings. The van der Waals surface area contributed by atoms with Crippen molar-refractivity contribution >= 4 is 21.4 Å². The average Bonchev–Trinajstić information content (AvgIpc) is 2.59. The quantitative estimate of drug-likeness (QED) is 0.605. The molecule has 0 radical (unpaired) electrons. The van der Waals surface area contributed by atoms with Gasteiger partial charge in [-0.1, -0.05) is 19.9 Å². The van der Waals surface area contributed by atoms with Crippen LogP contribution in [-0.2, 0) is 12.8 Å². The van der Waals surface area contributed by atoms with E-state index in [9.17, 15) is 0 Å². The first-order valence-electron chi connectivity index (χ1n) is 5.13. The van der Waals surface area contributed by atoms with Crippen molar-refractivity contribution < 1.29 is 0 Å². The normalized spacial score (nSPS) is 18.7. The molecule has 0 spiro atoms. The Morgan fingerprint density at radius 1 is 1.14 bits per heavy atom. The number of fused-ring (bicyclic) bond motifs is 2. The Hall–Kier alpha value is -0.820. The van der Waals surface area contributed by atoms with Gasteiger partial charge in [-0.25, -0.2) is 0 Å². The molecule has 0 unspecified atom stereocenters. The summed E-state index contributed by atoms with van der Waals surface area (Å²) in [5.74, 6) is 0. The fraction of sp³-hybridized carbons (Fsp3) is 0.385. The fourth-order valence-corrected chi connectivity index (χ4v) is 3.36. The third-order valence-electron chi connectivity index (χ3n) is 3.11. The van der Waals surface area contributed by atoms with Gasteiger partial charge in [0.05, 0.1) is 0 Å². The van der Waals surface area contributed by atoms with E-state index in [1.54, 1.807) is 11.1 Å². The number of thiophene rings is 1. The number of rotatable bonds is 0. The molecule has 0 amide bonds. The molecule has 0 nitrogen and oxygen atoms in total. The van der Waals surface area contributed by atoms with Gasteiger partial charge in [-0.2, -0.15) is 0 Å². The largest absolute Gasteiger partial charge is 0.144 e. The van der Waals surface area contributed by atoms with Gasteiger partial charge in [0, 0.05) is 4.70 Å². The summed E-state index contributed by atoms with van der Waals surface area (Å²) in [6.07, 6.45) is 2.49. The van der Waals surface area contributed by atoms with E-state index in [1.807, 2.05) is 11.3 Å². The van der Waals surface area contributed by atoms with Gasteiger partial charge in [0.2, 0.25) is 0 Å². The molecule has 0 atom stereocenters. The lowest BCUT2D eigenvalue weighted by molar-refractivity contribution is 0.392. The predicted molar refractivity (Wildman–Crippen MR) is 63.0 cm³/mol. The van der Waals surface area contributed by atoms with Gasteiger partial charge in [0.1, 0.15) is 0 Å². The van der Waals surface area contributed by atoms with Gasteiger partial charge < -0.3 is 0 Å². The van der Waals surface area contributed by atoms with Crippen molar-refractivity contribution in [3.8, 4) is 0 Å². The highest BCUT2D eigenvalue weighted by molar-refractivity contribution is 7.17. The molecule has 0 aliphatic heterocycles. The van der Waals surface area contributed by atoms with E-state index in [0.29, 0.717) is 5.41 Å². The van der Waals surface area contributed by atoms with Crippen LogP contribution < -0.4 is 0 Å². The maximum absolute atomic E-state index is 2.39. The Kier molecular flexibility index (Phi) is 1.58. The van der Waals surface area contributed by atoms with Crippen molar-refractivity contribution in [2.75, 3.05) is 0 Å². The van der Waals surface area contributed by atoms with Crippen molar-refractivity contribution in [3.05, 3.63) is 34.7 Å². The van der Waals surface area contributed by atoms with Gasteiger partial charge in [-0.15, -0.1) is 11.3 Å². The van der Waals surface area contributed by atoms with Crippen LogP contribution in [0.2, 0.25) is 0 Å². The number of hydrogen-bond donors (Lipinski definition) is 0. The van der Waals surface area contributed by atoms with E-state index in [2.05, 4.69) is 37.4 Å². The van der Waals surface area contributed by atoms with E-state index in [4.69, 9.17) is 0 Å². The molecule has 0 saturated carbocycles. The summed E-state index contributed by atoms with van der Waals surface area (Å²) in [6, 6.07) is 7.01. The summed E-state index contributed by atoms with van der Waals surface area (Å²) >= 11 is 1.85. The first kappa shape index (κ1) is 8.49. The van der Waals surface area contributed by atoms with Crippen LogP contribution in [0.15, 0.2) is 23.6 Å². The van der Waals surface area contributed by atoms with Crippen LogP contribution in [0.1, 0.15) is 25.0 Å². The third kappa shape index (κ3) is 1.19. The van der Waals surface area contributed by atoms with Gasteiger partial charge in [-0.3, -0.25) is 0 Å².